The lowest BCUT2D eigenvalue weighted by molar-refractivity contribution is 0.0619. The van der Waals surface area contributed by atoms with E-state index in [9.17, 15) is 0 Å². The topological polar surface area (TPSA) is 61.0 Å². The van der Waals surface area contributed by atoms with Crippen molar-refractivity contribution in [2.45, 2.75) is 45.1 Å². The van der Waals surface area contributed by atoms with Gasteiger partial charge in [-0.1, -0.05) is 17.8 Å². The van der Waals surface area contributed by atoms with Crippen LogP contribution in [0.4, 0.5) is 0 Å². The van der Waals surface area contributed by atoms with Crippen molar-refractivity contribution < 1.29 is 4.74 Å². The average molecular weight is 255 g/mol. The summed E-state index contributed by atoms with van der Waals surface area (Å²) >= 11 is 1.47. The third-order valence-corrected chi connectivity index (χ3v) is 4.24. The van der Waals surface area contributed by atoms with Gasteiger partial charge in [0, 0.05) is 19.3 Å². The molecule has 1 unspecified atom stereocenters. The fraction of sp³-hybridized carbons (Fsp3) is 0.833. The Morgan fingerprint density at radius 3 is 2.94 bits per heavy atom. The highest BCUT2D eigenvalue weighted by molar-refractivity contribution is 7.05. The minimum atomic E-state index is 0.111. The Morgan fingerprint density at radius 1 is 1.47 bits per heavy atom. The molecule has 1 aromatic rings. The van der Waals surface area contributed by atoms with E-state index in [2.05, 4.69) is 16.5 Å². The molecule has 1 saturated heterocycles. The SMILES string of the molecule is CCCc1nnsc1C(N)CC1CCOCC1. The maximum absolute atomic E-state index is 6.29. The summed E-state index contributed by atoms with van der Waals surface area (Å²) in [5, 5.41) is 4.18. The molecule has 2 N–H and O–H groups in total. The predicted octanol–water partition coefficient (Wildman–Crippen LogP) is 2.31. The van der Waals surface area contributed by atoms with Gasteiger partial charge in [0.05, 0.1) is 10.6 Å². The second-order valence-electron chi connectivity index (χ2n) is 4.73. The van der Waals surface area contributed by atoms with E-state index in [1.54, 1.807) is 0 Å². The van der Waals surface area contributed by atoms with Crippen LogP contribution < -0.4 is 5.73 Å². The van der Waals surface area contributed by atoms with Crippen molar-refractivity contribution in [1.82, 2.24) is 9.59 Å². The molecule has 0 bridgehead atoms. The highest BCUT2D eigenvalue weighted by atomic mass is 32.1. The fourth-order valence-corrected chi connectivity index (χ4v) is 3.06. The lowest BCUT2D eigenvalue weighted by Gasteiger charge is -2.24. The summed E-state index contributed by atoms with van der Waals surface area (Å²) in [4.78, 5) is 1.19. The van der Waals surface area contributed by atoms with Gasteiger partial charge >= 0.3 is 0 Å². The van der Waals surface area contributed by atoms with E-state index in [0.29, 0.717) is 5.92 Å². The average Bonchev–Trinajstić information content (AvgIpc) is 2.79. The first kappa shape index (κ1) is 12.9. The monoisotopic (exact) mass is 255 g/mol. The van der Waals surface area contributed by atoms with E-state index in [1.165, 1.54) is 16.4 Å². The Labute approximate surface area is 107 Å². The first-order valence-electron chi connectivity index (χ1n) is 6.45. The van der Waals surface area contributed by atoms with Crippen LogP contribution in [0, 0.1) is 5.92 Å². The second kappa shape index (κ2) is 6.42. The van der Waals surface area contributed by atoms with Gasteiger partial charge in [0.15, 0.2) is 0 Å². The van der Waals surface area contributed by atoms with Crippen molar-refractivity contribution in [3.05, 3.63) is 10.6 Å². The third-order valence-electron chi connectivity index (χ3n) is 3.34. The maximum atomic E-state index is 6.29. The lowest BCUT2D eigenvalue weighted by Crippen LogP contribution is -2.21. The largest absolute Gasteiger partial charge is 0.381 e. The molecule has 2 rings (SSSR count). The molecule has 0 aliphatic carbocycles. The van der Waals surface area contributed by atoms with Crippen molar-refractivity contribution >= 4 is 11.5 Å². The quantitative estimate of drug-likeness (QED) is 0.877. The van der Waals surface area contributed by atoms with Crippen LogP contribution in [-0.2, 0) is 11.2 Å². The Hall–Kier alpha value is -0.520. The molecule has 5 heteroatoms. The first-order valence-corrected chi connectivity index (χ1v) is 7.23. The number of nitrogens with two attached hydrogens (primary N) is 1. The molecule has 1 aliphatic rings. The number of hydrogen-bond acceptors (Lipinski definition) is 5. The van der Waals surface area contributed by atoms with Crippen LogP contribution in [-0.4, -0.2) is 22.8 Å². The molecule has 4 nitrogen and oxygen atoms in total. The van der Waals surface area contributed by atoms with E-state index in [-0.39, 0.29) is 6.04 Å². The zero-order chi connectivity index (χ0) is 12.1. The third kappa shape index (κ3) is 3.47. The minimum absolute atomic E-state index is 0.111. The van der Waals surface area contributed by atoms with Crippen LogP contribution in [0.5, 0.6) is 0 Å². The van der Waals surface area contributed by atoms with Gasteiger partial charge in [-0.3, -0.25) is 0 Å². The molecule has 0 saturated carbocycles. The molecule has 1 atom stereocenters. The first-order chi connectivity index (χ1) is 8.31. The smallest absolute Gasteiger partial charge is 0.0803 e. The Balaban J connectivity index is 1.93. The van der Waals surface area contributed by atoms with E-state index in [0.717, 1.165) is 51.0 Å². The number of aromatic nitrogens is 2. The molecule has 0 spiro atoms. The van der Waals surface area contributed by atoms with Gasteiger partial charge in [-0.05, 0) is 43.1 Å². The molecule has 96 valence electrons. The Bertz CT molecular complexity index is 336. The van der Waals surface area contributed by atoms with Crippen molar-refractivity contribution in [3.8, 4) is 0 Å². The standard InChI is InChI=1S/C12H21N3OS/c1-2-3-11-12(17-15-14-11)10(13)8-9-4-6-16-7-5-9/h9-10H,2-8,13H2,1H3. The van der Waals surface area contributed by atoms with Gasteiger partial charge in [-0.25, -0.2) is 0 Å². The number of aryl methyl sites for hydroxylation is 1. The van der Waals surface area contributed by atoms with E-state index < -0.39 is 0 Å². The van der Waals surface area contributed by atoms with Crippen molar-refractivity contribution in [3.63, 3.8) is 0 Å². The predicted molar refractivity (Wildman–Crippen MR) is 69.0 cm³/mol. The zero-order valence-electron chi connectivity index (χ0n) is 10.4. The van der Waals surface area contributed by atoms with Crippen LogP contribution in [0.2, 0.25) is 0 Å². The highest BCUT2D eigenvalue weighted by Crippen LogP contribution is 2.29. The second-order valence-corrected chi connectivity index (χ2v) is 5.52. The summed E-state index contributed by atoms with van der Waals surface area (Å²) in [5.74, 6) is 0.704. The maximum Gasteiger partial charge on any atom is 0.0803 e. The lowest BCUT2D eigenvalue weighted by atomic mass is 9.92. The summed E-state index contributed by atoms with van der Waals surface area (Å²) in [7, 11) is 0. The van der Waals surface area contributed by atoms with Gasteiger partial charge in [0.1, 0.15) is 0 Å². The highest BCUT2D eigenvalue weighted by Gasteiger charge is 2.21. The molecule has 0 aromatic carbocycles. The van der Waals surface area contributed by atoms with Gasteiger partial charge in [0.2, 0.25) is 0 Å². The van der Waals surface area contributed by atoms with E-state index in [4.69, 9.17) is 10.5 Å². The molecule has 2 heterocycles. The molecule has 1 aromatic heterocycles. The van der Waals surface area contributed by atoms with Crippen molar-refractivity contribution in [2.75, 3.05) is 13.2 Å². The zero-order valence-corrected chi connectivity index (χ0v) is 11.2. The molecule has 17 heavy (non-hydrogen) atoms. The van der Waals surface area contributed by atoms with Gasteiger partial charge < -0.3 is 10.5 Å². The Kier molecular flexibility index (Phi) is 4.88. The molecular weight excluding hydrogens is 234 g/mol. The molecule has 0 radical (unpaired) electrons. The summed E-state index contributed by atoms with van der Waals surface area (Å²) in [6.07, 6.45) is 5.42. The number of ether oxygens (including phenoxy) is 1. The molecule has 1 aliphatic heterocycles. The molecule has 0 amide bonds. The van der Waals surface area contributed by atoms with Crippen LogP contribution >= 0.6 is 11.5 Å². The number of rotatable bonds is 5. The minimum Gasteiger partial charge on any atom is -0.381 e. The molecular formula is C12H21N3OS. The van der Waals surface area contributed by atoms with Crippen LogP contribution in [0.3, 0.4) is 0 Å². The van der Waals surface area contributed by atoms with E-state index in [1.807, 2.05) is 0 Å². The number of nitrogens with zero attached hydrogens (tertiary/aromatic N) is 2. The normalized spacial score (nSPS) is 19.4. The van der Waals surface area contributed by atoms with Crippen molar-refractivity contribution in [1.29, 1.82) is 0 Å². The van der Waals surface area contributed by atoms with Gasteiger partial charge in [-0.15, -0.1) is 5.10 Å². The Morgan fingerprint density at radius 2 is 2.24 bits per heavy atom. The van der Waals surface area contributed by atoms with Crippen molar-refractivity contribution in [2.24, 2.45) is 11.7 Å². The fourth-order valence-electron chi connectivity index (χ4n) is 2.36. The summed E-state index contributed by atoms with van der Waals surface area (Å²) < 4.78 is 9.41. The van der Waals surface area contributed by atoms with Crippen LogP contribution in [0.15, 0.2) is 0 Å². The van der Waals surface area contributed by atoms with Crippen LogP contribution in [0.25, 0.3) is 0 Å². The molecule has 1 fully saturated rings. The van der Waals surface area contributed by atoms with Crippen LogP contribution in [0.1, 0.15) is 49.2 Å². The van der Waals surface area contributed by atoms with E-state index >= 15 is 0 Å². The summed E-state index contributed by atoms with van der Waals surface area (Å²) in [6.45, 7) is 3.94. The number of hydrogen-bond donors (Lipinski definition) is 1. The summed E-state index contributed by atoms with van der Waals surface area (Å²) in [6, 6.07) is 0.111. The summed E-state index contributed by atoms with van der Waals surface area (Å²) in [5.41, 5.74) is 7.40. The van der Waals surface area contributed by atoms with Gasteiger partial charge in [0.25, 0.3) is 0 Å². The van der Waals surface area contributed by atoms with Gasteiger partial charge in [-0.2, -0.15) is 0 Å².